The van der Waals surface area contributed by atoms with Crippen LogP contribution in [0.15, 0.2) is 36.0 Å². The van der Waals surface area contributed by atoms with Crippen molar-refractivity contribution in [3.05, 3.63) is 36.0 Å². The highest BCUT2D eigenvalue weighted by atomic mass is 16.6. The van der Waals surface area contributed by atoms with Crippen LogP contribution in [0.25, 0.3) is 0 Å². The van der Waals surface area contributed by atoms with Crippen LogP contribution in [0.1, 0.15) is 66.7 Å². The molecule has 0 saturated carbocycles. The summed E-state index contributed by atoms with van der Waals surface area (Å²) in [6.07, 6.45) is 5.42. The van der Waals surface area contributed by atoms with Crippen LogP contribution >= 0.6 is 0 Å². The summed E-state index contributed by atoms with van der Waals surface area (Å²) >= 11 is 0. The van der Waals surface area contributed by atoms with Gasteiger partial charge in [-0.3, -0.25) is 9.59 Å². The Labute approximate surface area is 208 Å². The van der Waals surface area contributed by atoms with Gasteiger partial charge in [0.25, 0.3) is 0 Å². The number of allylic oxidation sites excluding steroid dienone is 2. The number of cyclic esters (lactones) is 1. The monoisotopic (exact) mass is 494 g/mol. The summed E-state index contributed by atoms with van der Waals surface area (Å²) in [5.41, 5.74) is -0.425. The number of ketones is 1. The number of ether oxygens (including phenoxy) is 2. The van der Waals surface area contributed by atoms with Crippen LogP contribution in [-0.4, -0.2) is 74.4 Å². The smallest absolute Gasteiger partial charge is 0.309 e. The normalized spacial score (nSPS) is 35.4. The number of aliphatic hydroxyl groups excluding tert-OH is 3. The second-order valence-corrected chi connectivity index (χ2v) is 10.3. The average Bonchev–Trinajstić information content (AvgIpc) is 3.55. The maximum Gasteiger partial charge on any atom is 0.309 e. The number of carbonyl (C=O) groups is 2. The quantitative estimate of drug-likeness (QED) is 0.175. The summed E-state index contributed by atoms with van der Waals surface area (Å²) in [6.45, 7) is 9.16. The van der Waals surface area contributed by atoms with Crippen LogP contribution in [0.3, 0.4) is 0 Å². The largest absolute Gasteiger partial charge is 0.457 e. The standard InChI is InChI=1S/C27H42O8/c1-6-20(29)18(4)26-23(34-26)15-27(5,33)13-7-8-16(2)25-17(3)9-11-21(30)22(31)12-10-19(28)14-24(32)35-25/h7-9,11,13,17-21,23,25-26,28-30,33H,6,10,12,14-15H2,1-5H3/b11-9+,13-7+,16-8+/t17-,18+,19+,20-,21-,23+,25+,26+,27-/m0/s1. The van der Waals surface area contributed by atoms with E-state index in [1.165, 1.54) is 6.08 Å². The second-order valence-electron chi connectivity index (χ2n) is 10.3. The average molecular weight is 495 g/mol. The van der Waals surface area contributed by atoms with Crippen LogP contribution in [0.2, 0.25) is 0 Å². The van der Waals surface area contributed by atoms with Crippen molar-refractivity contribution in [2.24, 2.45) is 11.8 Å². The summed E-state index contributed by atoms with van der Waals surface area (Å²) in [5, 5.41) is 40.9. The molecule has 0 radical (unpaired) electrons. The third kappa shape index (κ3) is 9.28. The molecule has 2 aliphatic rings. The van der Waals surface area contributed by atoms with Crippen molar-refractivity contribution in [3.63, 3.8) is 0 Å². The molecular weight excluding hydrogens is 452 g/mol. The molecule has 2 heterocycles. The number of esters is 1. The van der Waals surface area contributed by atoms with Gasteiger partial charge in [-0.15, -0.1) is 0 Å². The van der Waals surface area contributed by atoms with Gasteiger partial charge in [-0.05, 0) is 32.3 Å². The Morgan fingerprint density at radius 1 is 1.29 bits per heavy atom. The number of epoxide rings is 1. The maximum atomic E-state index is 12.4. The van der Waals surface area contributed by atoms with Crippen molar-refractivity contribution in [3.8, 4) is 0 Å². The van der Waals surface area contributed by atoms with E-state index in [1.54, 1.807) is 38.2 Å². The molecule has 1 fully saturated rings. The SMILES string of the molecule is CC[C@H](O)[C@@H](C)[C@H]1O[C@@H]1C[C@@](C)(O)/C=C/C=C(\C)[C@H]1OC(=O)C[C@H](O)CCC(=O)[C@@H](O)/C=C/[C@@H]1C. The van der Waals surface area contributed by atoms with E-state index >= 15 is 0 Å². The van der Waals surface area contributed by atoms with Gasteiger partial charge >= 0.3 is 5.97 Å². The second kappa shape index (κ2) is 12.9. The van der Waals surface area contributed by atoms with Gasteiger partial charge < -0.3 is 29.9 Å². The first kappa shape index (κ1) is 29.4. The van der Waals surface area contributed by atoms with Crippen molar-refractivity contribution in [1.29, 1.82) is 0 Å². The van der Waals surface area contributed by atoms with E-state index in [0.717, 1.165) is 0 Å². The van der Waals surface area contributed by atoms with Crippen LogP contribution in [0.5, 0.6) is 0 Å². The fraction of sp³-hybridized carbons (Fsp3) is 0.704. The molecule has 0 aromatic rings. The number of aliphatic hydroxyl groups is 4. The molecule has 4 N–H and O–H groups in total. The number of rotatable bonds is 8. The molecule has 0 unspecified atom stereocenters. The zero-order valence-electron chi connectivity index (χ0n) is 21.5. The van der Waals surface area contributed by atoms with Gasteiger partial charge in [-0.1, -0.05) is 51.2 Å². The highest BCUT2D eigenvalue weighted by Gasteiger charge is 2.47. The van der Waals surface area contributed by atoms with E-state index < -0.39 is 41.8 Å². The van der Waals surface area contributed by atoms with Gasteiger partial charge in [0.05, 0.1) is 36.4 Å². The Balaban J connectivity index is 2.08. The Kier molecular flexibility index (Phi) is 10.9. The zero-order valence-corrected chi connectivity index (χ0v) is 21.5. The minimum Gasteiger partial charge on any atom is -0.457 e. The van der Waals surface area contributed by atoms with Gasteiger partial charge in [0.15, 0.2) is 5.78 Å². The summed E-state index contributed by atoms with van der Waals surface area (Å²) in [6, 6.07) is 0. The molecule has 1 saturated heterocycles. The number of hydrogen-bond acceptors (Lipinski definition) is 8. The van der Waals surface area contributed by atoms with Crippen molar-refractivity contribution in [2.45, 2.75) is 109 Å². The molecule has 0 aliphatic carbocycles. The minimum atomic E-state index is -1.27. The summed E-state index contributed by atoms with van der Waals surface area (Å²) in [4.78, 5) is 24.4. The van der Waals surface area contributed by atoms with E-state index in [1.807, 2.05) is 20.8 Å². The molecule has 8 nitrogen and oxygen atoms in total. The molecule has 0 aromatic heterocycles. The van der Waals surface area contributed by atoms with E-state index in [9.17, 15) is 30.0 Å². The lowest BCUT2D eigenvalue weighted by Crippen LogP contribution is -2.29. The van der Waals surface area contributed by atoms with Crippen LogP contribution < -0.4 is 0 Å². The lowest BCUT2D eigenvalue weighted by molar-refractivity contribution is -0.151. The number of Topliss-reactive ketones (excluding diaryl/α,β-unsaturated/α-hetero) is 1. The van der Waals surface area contributed by atoms with E-state index in [0.29, 0.717) is 18.4 Å². The Hall–Kier alpha value is -1.84. The van der Waals surface area contributed by atoms with Crippen molar-refractivity contribution in [1.82, 2.24) is 0 Å². The van der Waals surface area contributed by atoms with Crippen LogP contribution in [-0.2, 0) is 19.1 Å². The Morgan fingerprint density at radius 2 is 1.97 bits per heavy atom. The molecule has 2 aliphatic heterocycles. The third-order valence-electron chi connectivity index (χ3n) is 6.83. The van der Waals surface area contributed by atoms with Gasteiger partial charge in [0.1, 0.15) is 12.2 Å². The molecule has 0 aromatic carbocycles. The lowest BCUT2D eigenvalue weighted by Gasteiger charge is -2.24. The van der Waals surface area contributed by atoms with Gasteiger partial charge in [0.2, 0.25) is 0 Å². The summed E-state index contributed by atoms with van der Waals surface area (Å²) in [5.74, 6) is -1.31. The maximum absolute atomic E-state index is 12.4. The first-order chi connectivity index (χ1) is 16.3. The Bertz CT molecular complexity index is 814. The molecule has 35 heavy (non-hydrogen) atoms. The van der Waals surface area contributed by atoms with E-state index in [-0.39, 0.29) is 43.3 Å². The number of carbonyl (C=O) groups excluding carboxylic acids is 2. The zero-order chi connectivity index (χ0) is 26.3. The minimum absolute atomic E-state index is 0.00424. The highest BCUT2D eigenvalue weighted by Crippen LogP contribution is 2.37. The molecular formula is C27H42O8. The predicted molar refractivity (Wildman–Crippen MR) is 131 cm³/mol. The number of hydrogen-bond donors (Lipinski definition) is 4. The molecule has 198 valence electrons. The topological polar surface area (TPSA) is 137 Å². The fourth-order valence-electron chi connectivity index (χ4n) is 4.40. The molecule has 0 amide bonds. The van der Waals surface area contributed by atoms with Gasteiger partial charge in [-0.2, -0.15) is 0 Å². The first-order valence-electron chi connectivity index (χ1n) is 12.5. The van der Waals surface area contributed by atoms with Crippen molar-refractivity contribution >= 4 is 11.8 Å². The van der Waals surface area contributed by atoms with Crippen LogP contribution in [0, 0.1) is 11.8 Å². The third-order valence-corrected chi connectivity index (χ3v) is 6.83. The first-order valence-corrected chi connectivity index (χ1v) is 12.5. The van der Waals surface area contributed by atoms with E-state index in [2.05, 4.69) is 0 Å². The predicted octanol–water partition coefficient (Wildman–Crippen LogP) is 2.38. The molecule has 0 bridgehead atoms. The summed E-state index contributed by atoms with van der Waals surface area (Å²) < 4.78 is 11.3. The van der Waals surface area contributed by atoms with Crippen molar-refractivity contribution in [2.75, 3.05) is 0 Å². The van der Waals surface area contributed by atoms with Gasteiger partial charge in [0, 0.05) is 24.7 Å². The fourth-order valence-corrected chi connectivity index (χ4v) is 4.40. The summed E-state index contributed by atoms with van der Waals surface area (Å²) in [7, 11) is 0. The molecule has 9 atom stereocenters. The Morgan fingerprint density at radius 3 is 2.63 bits per heavy atom. The van der Waals surface area contributed by atoms with Crippen molar-refractivity contribution < 1.29 is 39.5 Å². The molecule has 8 heteroatoms. The lowest BCUT2D eigenvalue weighted by atomic mass is 9.91. The molecule has 2 rings (SSSR count). The molecule has 0 spiro atoms. The van der Waals surface area contributed by atoms with Crippen LogP contribution in [0.4, 0.5) is 0 Å². The van der Waals surface area contributed by atoms with Gasteiger partial charge in [-0.25, -0.2) is 0 Å². The highest BCUT2D eigenvalue weighted by molar-refractivity contribution is 5.84. The van der Waals surface area contributed by atoms with E-state index in [4.69, 9.17) is 9.47 Å².